The third kappa shape index (κ3) is 3.32. The maximum Gasteiger partial charge on any atom is 0.0887 e. The number of aliphatic hydroxyl groups excluding tert-OH is 1. The summed E-state index contributed by atoms with van der Waals surface area (Å²) in [6, 6.07) is 0. The van der Waals surface area contributed by atoms with Crippen molar-refractivity contribution >= 4 is 0 Å². The van der Waals surface area contributed by atoms with E-state index in [0.29, 0.717) is 13.0 Å². The van der Waals surface area contributed by atoms with Crippen LogP contribution in [0, 0.1) is 0 Å². The van der Waals surface area contributed by atoms with Crippen LogP contribution in [0.5, 0.6) is 0 Å². The summed E-state index contributed by atoms with van der Waals surface area (Å²) in [5, 5.41) is 14.1. The lowest BCUT2D eigenvalue weighted by atomic mass is 9.96. The normalized spacial score (nSPS) is 14.2. The molecule has 15 heavy (non-hydrogen) atoms. The van der Waals surface area contributed by atoms with Gasteiger partial charge in [0, 0.05) is 26.3 Å². The minimum Gasteiger partial charge on any atom is -0.390 e. The van der Waals surface area contributed by atoms with Crippen molar-refractivity contribution in [2.75, 3.05) is 6.61 Å². The van der Waals surface area contributed by atoms with E-state index in [1.807, 2.05) is 34.0 Å². The van der Waals surface area contributed by atoms with Crippen LogP contribution in [0.4, 0.5) is 0 Å². The maximum absolute atomic E-state index is 10.0. The van der Waals surface area contributed by atoms with Gasteiger partial charge in [0.15, 0.2) is 0 Å². The van der Waals surface area contributed by atoms with E-state index >= 15 is 0 Å². The molecule has 4 heteroatoms. The molecule has 4 nitrogen and oxygen atoms in total. The first-order chi connectivity index (χ1) is 6.95. The van der Waals surface area contributed by atoms with Crippen molar-refractivity contribution in [1.82, 2.24) is 9.78 Å². The molecule has 0 radical (unpaired) electrons. The summed E-state index contributed by atoms with van der Waals surface area (Å²) >= 11 is 0. The van der Waals surface area contributed by atoms with E-state index in [1.54, 1.807) is 10.9 Å². The second-order valence-corrected chi connectivity index (χ2v) is 4.28. The Bertz CT molecular complexity index is 307. The molecule has 0 saturated heterocycles. The minimum absolute atomic E-state index is 0.509. The van der Waals surface area contributed by atoms with Gasteiger partial charge in [0.05, 0.1) is 17.9 Å². The molecule has 0 bridgehead atoms. The second-order valence-electron chi connectivity index (χ2n) is 4.28. The van der Waals surface area contributed by atoms with Gasteiger partial charge >= 0.3 is 0 Å². The summed E-state index contributed by atoms with van der Waals surface area (Å²) in [6.07, 6.45) is 3.73. The summed E-state index contributed by atoms with van der Waals surface area (Å²) in [6.45, 7) is 6.34. The molecule has 0 amide bonds. The summed E-state index contributed by atoms with van der Waals surface area (Å²) in [7, 11) is 1.86. The zero-order valence-corrected chi connectivity index (χ0v) is 9.90. The number of aromatic nitrogens is 2. The number of aryl methyl sites for hydroxylation is 1. The Morgan fingerprint density at radius 1 is 1.60 bits per heavy atom. The van der Waals surface area contributed by atoms with E-state index in [0.717, 1.165) is 5.56 Å². The first-order valence-corrected chi connectivity index (χ1v) is 5.25. The molecule has 0 aromatic carbocycles. The molecule has 0 spiro atoms. The van der Waals surface area contributed by atoms with Gasteiger partial charge in [-0.15, -0.1) is 0 Å². The van der Waals surface area contributed by atoms with Crippen molar-refractivity contribution in [3.63, 3.8) is 0 Å². The van der Waals surface area contributed by atoms with E-state index in [4.69, 9.17) is 4.74 Å². The van der Waals surface area contributed by atoms with Crippen molar-refractivity contribution in [2.24, 2.45) is 7.05 Å². The van der Waals surface area contributed by atoms with Gasteiger partial charge in [0.2, 0.25) is 0 Å². The highest BCUT2D eigenvalue weighted by atomic mass is 16.5. The van der Waals surface area contributed by atoms with E-state index < -0.39 is 11.7 Å². The average molecular weight is 212 g/mol. The predicted molar refractivity (Wildman–Crippen MR) is 58.6 cm³/mol. The molecular weight excluding hydrogens is 192 g/mol. The Kier molecular flexibility index (Phi) is 3.88. The van der Waals surface area contributed by atoms with Crippen LogP contribution >= 0.6 is 0 Å². The van der Waals surface area contributed by atoms with Gasteiger partial charge in [-0.05, 0) is 26.3 Å². The van der Waals surface area contributed by atoms with E-state index in [2.05, 4.69) is 5.10 Å². The first-order valence-electron chi connectivity index (χ1n) is 5.25. The van der Waals surface area contributed by atoms with Gasteiger partial charge in [-0.25, -0.2) is 0 Å². The van der Waals surface area contributed by atoms with Gasteiger partial charge in [-0.2, -0.15) is 5.10 Å². The van der Waals surface area contributed by atoms with Gasteiger partial charge < -0.3 is 9.84 Å². The van der Waals surface area contributed by atoms with Crippen LogP contribution < -0.4 is 0 Å². The maximum atomic E-state index is 10.0. The number of nitrogens with zero attached hydrogens (tertiary/aromatic N) is 2. The Morgan fingerprint density at radius 3 is 2.73 bits per heavy atom. The van der Waals surface area contributed by atoms with Gasteiger partial charge in [-0.3, -0.25) is 4.68 Å². The zero-order valence-electron chi connectivity index (χ0n) is 9.90. The van der Waals surface area contributed by atoms with Crippen LogP contribution in [0.15, 0.2) is 12.4 Å². The molecule has 1 aromatic rings. The van der Waals surface area contributed by atoms with E-state index in [1.165, 1.54) is 0 Å². The predicted octanol–water partition coefficient (Wildman–Crippen LogP) is 1.14. The highest BCUT2D eigenvalue weighted by Crippen LogP contribution is 2.18. The average Bonchev–Trinajstić information content (AvgIpc) is 2.51. The lowest BCUT2D eigenvalue weighted by Crippen LogP contribution is -2.40. The zero-order chi connectivity index (χ0) is 11.5. The van der Waals surface area contributed by atoms with Gasteiger partial charge in [-0.1, -0.05) is 0 Å². The van der Waals surface area contributed by atoms with Crippen molar-refractivity contribution in [3.05, 3.63) is 18.0 Å². The molecule has 1 N–H and O–H groups in total. The summed E-state index contributed by atoms with van der Waals surface area (Å²) in [5.74, 6) is 0. The van der Waals surface area contributed by atoms with Crippen LogP contribution in [0.2, 0.25) is 0 Å². The molecule has 0 fully saturated rings. The smallest absolute Gasteiger partial charge is 0.0887 e. The standard InChI is InChI=1S/C11H20N2O2/c1-5-15-11(2,3)10(14)6-9-7-12-13(4)8-9/h7-8,10,14H,5-6H2,1-4H3. The third-order valence-corrected chi connectivity index (χ3v) is 2.51. The SMILES string of the molecule is CCOC(C)(C)C(O)Cc1cnn(C)c1. The number of aliphatic hydroxyl groups is 1. The van der Waals surface area contributed by atoms with Crippen molar-refractivity contribution in [1.29, 1.82) is 0 Å². The number of hydrogen-bond donors (Lipinski definition) is 1. The van der Waals surface area contributed by atoms with Crippen LogP contribution in [-0.4, -0.2) is 33.2 Å². The van der Waals surface area contributed by atoms with Crippen LogP contribution in [0.25, 0.3) is 0 Å². The van der Waals surface area contributed by atoms with Crippen molar-refractivity contribution in [2.45, 2.75) is 38.9 Å². The largest absolute Gasteiger partial charge is 0.390 e. The molecule has 1 atom stereocenters. The lowest BCUT2D eigenvalue weighted by molar-refractivity contribution is -0.0955. The highest BCUT2D eigenvalue weighted by Gasteiger charge is 2.28. The molecule has 0 saturated carbocycles. The molecule has 0 aliphatic carbocycles. The fourth-order valence-corrected chi connectivity index (χ4v) is 1.51. The molecular formula is C11H20N2O2. The van der Waals surface area contributed by atoms with E-state index in [-0.39, 0.29) is 0 Å². The molecule has 0 aliphatic heterocycles. The minimum atomic E-state index is -0.512. The molecule has 86 valence electrons. The monoisotopic (exact) mass is 212 g/mol. The first kappa shape index (κ1) is 12.2. The fourth-order valence-electron chi connectivity index (χ4n) is 1.51. The van der Waals surface area contributed by atoms with E-state index in [9.17, 15) is 5.11 Å². The molecule has 1 aromatic heterocycles. The quantitative estimate of drug-likeness (QED) is 0.796. The Morgan fingerprint density at radius 2 is 2.27 bits per heavy atom. The van der Waals surface area contributed by atoms with Crippen LogP contribution in [-0.2, 0) is 18.2 Å². The highest BCUT2D eigenvalue weighted by molar-refractivity contribution is 5.06. The third-order valence-electron chi connectivity index (χ3n) is 2.51. The summed E-state index contributed by atoms with van der Waals surface area (Å²) in [5.41, 5.74) is 0.516. The van der Waals surface area contributed by atoms with Crippen molar-refractivity contribution < 1.29 is 9.84 Å². The fraction of sp³-hybridized carbons (Fsp3) is 0.727. The second kappa shape index (κ2) is 4.77. The molecule has 0 aliphatic rings. The summed E-state index contributed by atoms with van der Waals surface area (Å²) < 4.78 is 7.22. The van der Waals surface area contributed by atoms with Crippen LogP contribution in [0.1, 0.15) is 26.3 Å². The lowest BCUT2D eigenvalue weighted by Gasteiger charge is -2.30. The Hall–Kier alpha value is -0.870. The Balaban J connectivity index is 2.58. The van der Waals surface area contributed by atoms with Gasteiger partial charge in [0.25, 0.3) is 0 Å². The topological polar surface area (TPSA) is 47.3 Å². The summed E-state index contributed by atoms with van der Waals surface area (Å²) in [4.78, 5) is 0. The Labute approximate surface area is 90.9 Å². The molecule has 1 heterocycles. The molecule has 1 unspecified atom stereocenters. The van der Waals surface area contributed by atoms with Gasteiger partial charge in [0.1, 0.15) is 0 Å². The number of rotatable bonds is 5. The number of ether oxygens (including phenoxy) is 1. The number of hydrogen-bond acceptors (Lipinski definition) is 3. The molecule has 1 rings (SSSR count). The van der Waals surface area contributed by atoms with Crippen molar-refractivity contribution in [3.8, 4) is 0 Å². The van der Waals surface area contributed by atoms with Crippen LogP contribution in [0.3, 0.4) is 0 Å².